The molecule has 0 radical (unpaired) electrons. The molecular weight excluding hydrogens is 152 g/mol. The van der Waals surface area contributed by atoms with Crippen molar-refractivity contribution in [3.05, 3.63) is 12.2 Å². The average Bonchev–Trinajstić information content (AvgIpc) is 2.29. The van der Waals surface area contributed by atoms with Crippen LogP contribution in [0.4, 0.5) is 0 Å². The van der Waals surface area contributed by atoms with Crippen LogP contribution in [0.3, 0.4) is 0 Å². The molecule has 0 amide bonds. The Balaban J connectivity index is 2.08. The quantitative estimate of drug-likeness (QED) is 0.516. The highest BCUT2D eigenvalue weighted by molar-refractivity contribution is 4.98. The third-order valence-electron chi connectivity index (χ3n) is 2.75. The summed E-state index contributed by atoms with van der Waals surface area (Å²) in [4.78, 5) is 0. The van der Waals surface area contributed by atoms with Gasteiger partial charge in [-0.1, -0.05) is 12.2 Å². The summed E-state index contributed by atoms with van der Waals surface area (Å²) in [5.74, 6) is -0.270. The highest BCUT2D eigenvalue weighted by Crippen LogP contribution is 2.37. The van der Waals surface area contributed by atoms with Crippen LogP contribution >= 0.6 is 0 Å². The number of hydrogen-bond acceptors (Lipinski definition) is 2. The van der Waals surface area contributed by atoms with Crippen LogP contribution < -0.4 is 0 Å². The van der Waals surface area contributed by atoms with E-state index in [2.05, 4.69) is 26.0 Å². The lowest BCUT2D eigenvalue weighted by Crippen LogP contribution is -2.31. The smallest absolute Gasteiger partial charge is 0.172 e. The molecular formula is C10H16O2. The predicted molar refractivity (Wildman–Crippen MR) is 46.8 cm³/mol. The third-order valence-corrected chi connectivity index (χ3v) is 2.75. The van der Waals surface area contributed by atoms with Gasteiger partial charge in [-0.25, -0.2) is 0 Å². The van der Waals surface area contributed by atoms with Crippen LogP contribution in [0.5, 0.6) is 0 Å². The molecule has 2 nitrogen and oxygen atoms in total. The first kappa shape index (κ1) is 8.27. The van der Waals surface area contributed by atoms with E-state index < -0.39 is 0 Å². The molecule has 0 aromatic carbocycles. The first-order valence-corrected chi connectivity index (χ1v) is 4.72. The summed E-state index contributed by atoms with van der Waals surface area (Å²) in [5, 5.41) is 0. The maximum absolute atomic E-state index is 5.83. The Kier molecular flexibility index (Phi) is 1.97. The SMILES string of the molecule is C[C@H]1OC2(CC=CCC2)O[C@@H]1C. The zero-order valence-electron chi connectivity index (χ0n) is 7.75. The van der Waals surface area contributed by atoms with Gasteiger partial charge in [0.2, 0.25) is 0 Å². The second kappa shape index (κ2) is 2.86. The Hall–Kier alpha value is -0.340. The first-order chi connectivity index (χ1) is 5.72. The Bertz CT molecular complexity index is 188. The van der Waals surface area contributed by atoms with E-state index in [1.807, 2.05) is 0 Å². The topological polar surface area (TPSA) is 18.5 Å². The van der Waals surface area contributed by atoms with Gasteiger partial charge in [0.15, 0.2) is 5.79 Å². The maximum Gasteiger partial charge on any atom is 0.172 e. The van der Waals surface area contributed by atoms with Gasteiger partial charge in [0, 0.05) is 12.8 Å². The summed E-state index contributed by atoms with van der Waals surface area (Å²) in [6.07, 6.45) is 7.87. The molecule has 68 valence electrons. The van der Waals surface area contributed by atoms with E-state index in [0.717, 1.165) is 19.3 Å². The second-order valence-electron chi connectivity index (χ2n) is 3.77. The third kappa shape index (κ3) is 1.29. The number of ether oxygens (including phenoxy) is 2. The Morgan fingerprint density at radius 3 is 2.33 bits per heavy atom. The van der Waals surface area contributed by atoms with Crippen molar-refractivity contribution >= 4 is 0 Å². The van der Waals surface area contributed by atoms with Gasteiger partial charge in [-0.2, -0.15) is 0 Å². The first-order valence-electron chi connectivity index (χ1n) is 4.72. The summed E-state index contributed by atoms with van der Waals surface area (Å²) in [6, 6.07) is 0. The molecule has 1 aliphatic heterocycles. The van der Waals surface area contributed by atoms with E-state index in [4.69, 9.17) is 9.47 Å². The van der Waals surface area contributed by atoms with Crippen molar-refractivity contribution in [2.75, 3.05) is 0 Å². The lowest BCUT2D eigenvalue weighted by Gasteiger charge is -2.28. The minimum Gasteiger partial charge on any atom is -0.344 e. The minimum atomic E-state index is -0.270. The molecule has 2 atom stereocenters. The van der Waals surface area contributed by atoms with Crippen LogP contribution in [-0.2, 0) is 9.47 Å². The zero-order chi connectivity index (χ0) is 8.60. The largest absolute Gasteiger partial charge is 0.344 e. The van der Waals surface area contributed by atoms with Crippen molar-refractivity contribution in [2.24, 2.45) is 0 Å². The van der Waals surface area contributed by atoms with Crippen molar-refractivity contribution in [1.82, 2.24) is 0 Å². The van der Waals surface area contributed by atoms with E-state index >= 15 is 0 Å². The van der Waals surface area contributed by atoms with Crippen molar-refractivity contribution in [3.8, 4) is 0 Å². The van der Waals surface area contributed by atoms with Crippen molar-refractivity contribution < 1.29 is 9.47 Å². The number of allylic oxidation sites excluding steroid dienone is 1. The van der Waals surface area contributed by atoms with E-state index in [0.29, 0.717) is 0 Å². The summed E-state index contributed by atoms with van der Waals surface area (Å²) in [6.45, 7) is 4.16. The zero-order valence-corrected chi connectivity index (χ0v) is 7.75. The minimum absolute atomic E-state index is 0.247. The molecule has 0 bridgehead atoms. The van der Waals surface area contributed by atoms with Gasteiger partial charge in [-0.15, -0.1) is 0 Å². The summed E-state index contributed by atoms with van der Waals surface area (Å²) < 4.78 is 11.7. The Morgan fingerprint density at radius 1 is 1.17 bits per heavy atom. The molecule has 1 aliphatic carbocycles. The van der Waals surface area contributed by atoms with Crippen LogP contribution in [0.2, 0.25) is 0 Å². The molecule has 1 fully saturated rings. The van der Waals surface area contributed by atoms with Crippen LogP contribution in [-0.4, -0.2) is 18.0 Å². The average molecular weight is 168 g/mol. The van der Waals surface area contributed by atoms with Gasteiger partial charge >= 0.3 is 0 Å². The monoisotopic (exact) mass is 168 g/mol. The van der Waals surface area contributed by atoms with Gasteiger partial charge in [0.05, 0.1) is 12.2 Å². The van der Waals surface area contributed by atoms with Gasteiger partial charge in [0.1, 0.15) is 0 Å². The lowest BCUT2D eigenvalue weighted by atomic mass is 10.0. The fraction of sp³-hybridized carbons (Fsp3) is 0.800. The fourth-order valence-corrected chi connectivity index (χ4v) is 1.90. The summed E-state index contributed by atoms with van der Waals surface area (Å²) >= 11 is 0. The molecule has 0 aromatic rings. The molecule has 1 saturated heterocycles. The second-order valence-corrected chi connectivity index (χ2v) is 3.77. The van der Waals surface area contributed by atoms with E-state index in [-0.39, 0.29) is 18.0 Å². The number of hydrogen-bond donors (Lipinski definition) is 0. The standard InChI is InChI=1S/C10H16O2/c1-8-9(2)12-10(11-8)6-4-3-5-7-10/h3-4,8-9H,5-7H2,1-2H3/t8-,9-/m1/s1. The lowest BCUT2D eigenvalue weighted by molar-refractivity contribution is -0.176. The van der Waals surface area contributed by atoms with Gasteiger partial charge in [0.25, 0.3) is 0 Å². The van der Waals surface area contributed by atoms with Crippen molar-refractivity contribution in [1.29, 1.82) is 0 Å². The Labute approximate surface area is 73.5 Å². The highest BCUT2D eigenvalue weighted by Gasteiger charge is 2.43. The molecule has 0 unspecified atom stereocenters. The fourth-order valence-electron chi connectivity index (χ4n) is 1.90. The molecule has 0 saturated carbocycles. The molecule has 2 heteroatoms. The van der Waals surface area contributed by atoms with Crippen LogP contribution in [0.15, 0.2) is 12.2 Å². The molecule has 0 aromatic heterocycles. The Morgan fingerprint density at radius 2 is 1.83 bits per heavy atom. The van der Waals surface area contributed by atoms with Gasteiger partial charge in [-0.05, 0) is 20.3 Å². The van der Waals surface area contributed by atoms with E-state index in [9.17, 15) is 0 Å². The van der Waals surface area contributed by atoms with Crippen LogP contribution in [0.25, 0.3) is 0 Å². The molecule has 12 heavy (non-hydrogen) atoms. The molecule has 1 spiro atoms. The maximum atomic E-state index is 5.83. The molecule has 0 N–H and O–H groups in total. The van der Waals surface area contributed by atoms with Crippen LogP contribution in [0.1, 0.15) is 33.1 Å². The van der Waals surface area contributed by atoms with Gasteiger partial charge in [-0.3, -0.25) is 0 Å². The highest BCUT2D eigenvalue weighted by atomic mass is 16.8. The van der Waals surface area contributed by atoms with E-state index in [1.165, 1.54) is 0 Å². The number of rotatable bonds is 0. The van der Waals surface area contributed by atoms with Gasteiger partial charge < -0.3 is 9.47 Å². The van der Waals surface area contributed by atoms with Crippen molar-refractivity contribution in [3.63, 3.8) is 0 Å². The summed E-state index contributed by atoms with van der Waals surface area (Å²) in [5.41, 5.74) is 0. The van der Waals surface area contributed by atoms with Crippen molar-refractivity contribution in [2.45, 2.75) is 51.1 Å². The van der Waals surface area contributed by atoms with E-state index in [1.54, 1.807) is 0 Å². The molecule has 1 heterocycles. The molecule has 2 aliphatic rings. The van der Waals surface area contributed by atoms with Crippen LogP contribution in [0, 0.1) is 0 Å². The molecule has 2 rings (SSSR count). The predicted octanol–water partition coefficient (Wildman–Crippen LogP) is 2.25. The summed E-state index contributed by atoms with van der Waals surface area (Å²) in [7, 11) is 0. The normalized spacial score (nSPS) is 39.2.